The standard InChI is InChI=1S/C28H40N4O4/c1-28(2,3)36-27(34)30-17-12-21-8-10-23(11-9-21)31-24-14-18-32(19-15-24)26(33)29-16-13-22-6-5-7-25(20-22)35-4/h5-11,20,24,31H,12-19H2,1-4H3,(H,29,33)(H,30,34). The Labute approximate surface area is 214 Å². The molecule has 8 nitrogen and oxygen atoms in total. The summed E-state index contributed by atoms with van der Waals surface area (Å²) >= 11 is 0. The zero-order chi connectivity index (χ0) is 26.0. The van der Waals surface area contributed by atoms with Crippen LogP contribution in [0.15, 0.2) is 48.5 Å². The lowest BCUT2D eigenvalue weighted by Gasteiger charge is -2.33. The highest BCUT2D eigenvalue weighted by Crippen LogP contribution is 2.18. The quantitative estimate of drug-likeness (QED) is 0.472. The fourth-order valence-corrected chi connectivity index (χ4v) is 4.11. The molecule has 0 atom stereocenters. The summed E-state index contributed by atoms with van der Waals surface area (Å²) in [5.74, 6) is 0.832. The predicted octanol–water partition coefficient (Wildman–Crippen LogP) is 4.59. The van der Waals surface area contributed by atoms with E-state index in [0.717, 1.165) is 61.3 Å². The lowest BCUT2D eigenvalue weighted by atomic mass is 10.0. The zero-order valence-corrected chi connectivity index (χ0v) is 21.9. The van der Waals surface area contributed by atoms with Crippen molar-refractivity contribution < 1.29 is 19.1 Å². The minimum absolute atomic E-state index is 0.000639. The van der Waals surface area contributed by atoms with Crippen molar-refractivity contribution in [3.8, 4) is 5.75 Å². The minimum Gasteiger partial charge on any atom is -0.497 e. The first-order valence-electron chi connectivity index (χ1n) is 12.7. The molecule has 3 amide bonds. The normalized spacial score (nSPS) is 14.2. The molecule has 0 aliphatic carbocycles. The highest BCUT2D eigenvalue weighted by molar-refractivity contribution is 5.74. The van der Waals surface area contributed by atoms with Crippen LogP contribution in [0.4, 0.5) is 15.3 Å². The van der Waals surface area contributed by atoms with Crippen LogP contribution >= 0.6 is 0 Å². The molecule has 0 unspecified atom stereocenters. The molecule has 3 N–H and O–H groups in total. The van der Waals surface area contributed by atoms with Crippen LogP contribution in [0.2, 0.25) is 0 Å². The summed E-state index contributed by atoms with van der Waals surface area (Å²) in [6.45, 7) is 8.14. The van der Waals surface area contributed by atoms with Gasteiger partial charge in [0, 0.05) is 37.9 Å². The van der Waals surface area contributed by atoms with Crippen molar-refractivity contribution in [3.63, 3.8) is 0 Å². The highest BCUT2D eigenvalue weighted by Gasteiger charge is 2.22. The lowest BCUT2D eigenvalue weighted by Crippen LogP contribution is -2.47. The number of piperidine rings is 1. The number of alkyl carbamates (subject to hydrolysis) is 1. The van der Waals surface area contributed by atoms with Crippen LogP contribution in [-0.4, -0.2) is 62.0 Å². The van der Waals surface area contributed by atoms with Gasteiger partial charge in [0.2, 0.25) is 0 Å². The summed E-state index contributed by atoms with van der Waals surface area (Å²) in [6.07, 6.45) is 2.94. The number of hydrogen-bond acceptors (Lipinski definition) is 5. The van der Waals surface area contributed by atoms with Crippen LogP contribution < -0.4 is 20.7 Å². The van der Waals surface area contributed by atoms with Gasteiger partial charge in [0.1, 0.15) is 11.4 Å². The van der Waals surface area contributed by atoms with E-state index < -0.39 is 11.7 Å². The van der Waals surface area contributed by atoms with E-state index in [4.69, 9.17) is 9.47 Å². The maximum absolute atomic E-state index is 12.5. The van der Waals surface area contributed by atoms with Crippen molar-refractivity contribution in [1.29, 1.82) is 0 Å². The highest BCUT2D eigenvalue weighted by atomic mass is 16.6. The summed E-state index contributed by atoms with van der Waals surface area (Å²) in [7, 11) is 1.66. The summed E-state index contributed by atoms with van der Waals surface area (Å²) in [4.78, 5) is 26.2. The molecule has 1 aliphatic rings. The monoisotopic (exact) mass is 496 g/mol. The number of carbonyl (C=O) groups is 2. The summed E-state index contributed by atoms with van der Waals surface area (Å²) < 4.78 is 10.5. The van der Waals surface area contributed by atoms with Crippen molar-refractivity contribution in [2.75, 3.05) is 38.6 Å². The van der Waals surface area contributed by atoms with Crippen molar-refractivity contribution in [2.24, 2.45) is 0 Å². The number of ether oxygens (including phenoxy) is 2. The van der Waals surface area contributed by atoms with E-state index in [9.17, 15) is 9.59 Å². The second kappa shape index (κ2) is 13.0. The number of carbonyl (C=O) groups excluding carboxylic acids is 2. The number of nitrogens with zero attached hydrogens (tertiary/aromatic N) is 1. The maximum atomic E-state index is 12.5. The van der Waals surface area contributed by atoms with Gasteiger partial charge in [0.25, 0.3) is 0 Å². The van der Waals surface area contributed by atoms with Gasteiger partial charge in [-0.3, -0.25) is 0 Å². The first kappa shape index (κ1) is 27.2. The zero-order valence-electron chi connectivity index (χ0n) is 21.9. The van der Waals surface area contributed by atoms with E-state index in [1.54, 1.807) is 7.11 Å². The predicted molar refractivity (Wildman–Crippen MR) is 143 cm³/mol. The van der Waals surface area contributed by atoms with Crippen LogP contribution in [-0.2, 0) is 17.6 Å². The largest absolute Gasteiger partial charge is 0.497 e. The van der Waals surface area contributed by atoms with Gasteiger partial charge in [-0.2, -0.15) is 0 Å². The average Bonchev–Trinajstić information content (AvgIpc) is 2.84. The molecular formula is C28H40N4O4. The lowest BCUT2D eigenvalue weighted by molar-refractivity contribution is 0.0528. The van der Waals surface area contributed by atoms with Crippen molar-refractivity contribution in [1.82, 2.24) is 15.5 Å². The van der Waals surface area contributed by atoms with Crippen molar-refractivity contribution in [2.45, 2.75) is 58.1 Å². The Kier molecular flexibility index (Phi) is 9.85. The van der Waals surface area contributed by atoms with Gasteiger partial charge < -0.3 is 30.3 Å². The third-order valence-corrected chi connectivity index (χ3v) is 6.01. The van der Waals surface area contributed by atoms with Gasteiger partial charge >= 0.3 is 12.1 Å². The van der Waals surface area contributed by atoms with E-state index >= 15 is 0 Å². The molecule has 1 saturated heterocycles. The second-order valence-corrected chi connectivity index (χ2v) is 10.1. The molecule has 1 fully saturated rings. The van der Waals surface area contributed by atoms with E-state index in [1.165, 1.54) is 0 Å². The molecule has 0 bridgehead atoms. The van der Waals surface area contributed by atoms with Crippen LogP contribution in [0.3, 0.4) is 0 Å². The van der Waals surface area contributed by atoms with E-state index in [2.05, 4.69) is 40.2 Å². The van der Waals surface area contributed by atoms with Crippen LogP contribution in [0.25, 0.3) is 0 Å². The van der Waals surface area contributed by atoms with Crippen molar-refractivity contribution in [3.05, 3.63) is 59.7 Å². The van der Waals surface area contributed by atoms with Crippen LogP contribution in [0.5, 0.6) is 5.75 Å². The molecule has 196 valence electrons. The number of urea groups is 1. The smallest absolute Gasteiger partial charge is 0.407 e. The van der Waals surface area contributed by atoms with Gasteiger partial charge in [-0.15, -0.1) is 0 Å². The SMILES string of the molecule is COc1cccc(CCNC(=O)N2CCC(Nc3ccc(CCNC(=O)OC(C)(C)C)cc3)CC2)c1. The maximum Gasteiger partial charge on any atom is 0.407 e. The van der Waals surface area contributed by atoms with Gasteiger partial charge in [0.05, 0.1) is 7.11 Å². The number of likely N-dealkylation sites (tertiary alicyclic amines) is 1. The fraction of sp³-hybridized carbons (Fsp3) is 0.500. The Balaban J connectivity index is 1.33. The van der Waals surface area contributed by atoms with E-state index in [-0.39, 0.29) is 6.03 Å². The molecule has 3 rings (SSSR count). The molecule has 1 heterocycles. The second-order valence-electron chi connectivity index (χ2n) is 10.1. The third-order valence-electron chi connectivity index (χ3n) is 6.01. The number of amides is 3. The van der Waals surface area contributed by atoms with Gasteiger partial charge in [0.15, 0.2) is 0 Å². The van der Waals surface area contributed by atoms with E-state index in [0.29, 0.717) is 19.1 Å². The first-order valence-corrected chi connectivity index (χ1v) is 12.7. The minimum atomic E-state index is -0.491. The van der Waals surface area contributed by atoms with Gasteiger partial charge in [-0.25, -0.2) is 9.59 Å². The Morgan fingerprint density at radius 1 is 0.944 bits per heavy atom. The summed E-state index contributed by atoms with van der Waals surface area (Å²) in [5.41, 5.74) is 2.87. The molecular weight excluding hydrogens is 456 g/mol. The Morgan fingerprint density at radius 2 is 1.61 bits per heavy atom. The third kappa shape index (κ3) is 9.32. The molecule has 0 spiro atoms. The van der Waals surface area contributed by atoms with Gasteiger partial charge in [-0.05, 0) is 81.8 Å². The van der Waals surface area contributed by atoms with E-state index in [1.807, 2.05) is 49.9 Å². The molecule has 8 heteroatoms. The average molecular weight is 497 g/mol. The molecule has 1 aliphatic heterocycles. The molecule has 0 saturated carbocycles. The Morgan fingerprint density at radius 3 is 2.28 bits per heavy atom. The fourth-order valence-electron chi connectivity index (χ4n) is 4.11. The number of nitrogens with one attached hydrogen (secondary N) is 3. The first-order chi connectivity index (χ1) is 17.2. The molecule has 2 aromatic carbocycles. The summed E-state index contributed by atoms with van der Waals surface area (Å²) in [5, 5.41) is 9.41. The molecule has 36 heavy (non-hydrogen) atoms. The van der Waals surface area contributed by atoms with Crippen LogP contribution in [0.1, 0.15) is 44.7 Å². The molecule has 0 aromatic heterocycles. The number of rotatable bonds is 9. The number of anilines is 1. The summed E-state index contributed by atoms with van der Waals surface area (Å²) in [6, 6.07) is 16.5. The van der Waals surface area contributed by atoms with Crippen LogP contribution in [0, 0.1) is 0 Å². The molecule has 2 aromatic rings. The Bertz CT molecular complexity index is 980. The number of methoxy groups -OCH3 is 1. The molecule has 0 radical (unpaired) electrons. The van der Waals surface area contributed by atoms with Gasteiger partial charge in [-0.1, -0.05) is 24.3 Å². The number of benzene rings is 2. The number of hydrogen-bond donors (Lipinski definition) is 3. The topological polar surface area (TPSA) is 91.9 Å². The van der Waals surface area contributed by atoms with Crippen molar-refractivity contribution >= 4 is 17.8 Å². The Hall–Kier alpha value is -3.42.